The van der Waals surface area contributed by atoms with Gasteiger partial charge in [0.05, 0.1) is 13.7 Å². The van der Waals surface area contributed by atoms with E-state index in [0.717, 1.165) is 0 Å². The van der Waals surface area contributed by atoms with E-state index in [1.807, 2.05) is 0 Å². The third-order valence-corrected chi connectivity index (χ3v) is 2.50. The molecule has 0 unspecified atom stereocenters. The van der Waals surface area contributed by atoms with E-state index in [1.165, 1.54) is 13.4 Å². The summed E-state index contributed by atoms with van der Waals surface area (Å²) in [6.07, 6.45) is 0.369. The maximum absolute atomic E-state index is 11.3. The zero-order valence-electron chi connectivity index (χ0n) is 11.0. The molecule has 8 nitrogen and oxygen atoms in total. The van der Waals surface area contributed by atoms with E-state index in [0.29, 0.717) is 16.7 Å². The number of hydroxylamine groups is 1. The molecule has 2 rings (SSSR count). The fourth-order valence-electron chi connectivity index (χ4n) is 1.64. The number of fused-ring (bicyclic) bond motifs is 1. The highest BCUT2D eigenvalue weighted by Gasteiger charge is 2.15. The molecular weight excluding hydrogens is 264 g/mol. The smallest absolute Gasteiger partial charge is 0.453 e. The summed E-state index contributed by atoms with van der Waals surface area (Å²) in [6, 6.07) is 5.24. The third kappa shape index (κ3) is 2.69. The van der Waals surface area contributed by atoms with Gasteiger partial charge in [-0.15, -0.1) is 0 Å². The Morgan fingerprint density at radius 1 is 1.45 bits per heavy atom. The lowest BCUT2D eigenvalue weighted by atomic mass is 10.2. The summed E-state index contributed by atoms with van der Waals surface area (Å²) in [5, 5.41) is 10.4. The number of hydrogen-bond donors (Lipinski definition) is 2. The van der Waals surface area contributed by atoms with Crippen molar-refractivity contribution < 1.29 is 19.5 Å². The normalized spacial score (nSPS) is 10.2. The maximum Gasteiger partial charge on any atom is 0.453 e. The monoisotopic (exact) mass is 278 g/mol. The molecule has 0 aliphatic rings. The largest absolute Gasteiger partial charge is 0.494 e. The van der Waals surface area contributed by atoms with Crippen LogP contribution in [-0.4, -0.2) is 40.2 Å². The number of para-hydroxylation sites is 1. The number of aromatic nitrogens is 2. The van der Waals surface area contributed by atoms with E-state index in [-0.39, 0.29) is 17.6 Å². The third-order valence-electron chi connectivity index (χ3n) is 2.50. The first-order valence-corrected chi connectivity index (χ1v) is 5.87. The van der Waals surface area contributed by atoms with Crippen molar-refractivity contribution in [3.8, 4) is 5.75 Å². The van der Waals surface area contributed by atoms with Gasteiger partial charge < -0.3 is 9.47 Å². The molecule has 1 aromatic heterocycles. The Kier molecular flexibility index (Phi) is 4.16. The number of rotatable bonds is 4. The topological polar surface area (TPSA) is 96.8 Å². The standard InChI is InChI=1S/C12H14N4O4/c1-3-20-12(17)16(18)15-11-8-5-4-6-9(19-2)10(8)13-7-14-11/h4-7,18H,3H2,1-2H3,(H,13,14,15). The number of benzene rings is 1. The zero-order chi connectivity index (χ0) is 14.5. The lowest BCUT2D eigenvalue weighted by Crippen LogP contribution is -2.34. The number of amides is 1. The van der Waals surface area contributed by atoms with Crippen molar-refractivity contribution in [1.82, 2.24) is 15.1 Å². The van der Waals surface area contributed by atoms with Gasteiger partial charge in [-0.25, -0.2) is 14.8 Å². The second-order valence-corrected chi connectivity index (χ2v) is 3.70. The average molecular weight is 278 g/mol. The van der Waals surface area contributed by atoms with E-state index in [2.05, 4.69) is 20.1 Å². The first-order valence-electron chi connectivity index (χ1n) is 5.87. The average Bonchev–Trinajstić information content (AvgIpc) is 2.47. The van der Waals surface area contributed by atoms with Crippen LogP contribution >= 0.6 is 0 Å². The van der Waals surface area contributed by atoms with E-state index in [9.17, 15) is 10.0 Å². The van der Waals surface area contributed by atoms with E-state index >= 15 is 0 Å². The Hall–Kier alpha value is -2.61. The molecule has 0 radical (unpaired) electrons. The molecule has 0 fully saturated rings. The van der Waals surface area contributed by atoms with Gasteiger partial charge in [0.15, 0.2) is 5.82 Å². The molecule has 2 aromatic rings. The van der Waals surface area contributed by atoms with Crippen LogP contribution in [0.15, 0.2) is 24.5 Å². The number of hydrazine groups is 1. The van der Waals surface area contributed by atoms with Crippen LogP contribution in [0.25, 0.3) is 10.9 Å². The first-order chi connectivity index (χ1) is 9.67. The van der Waals surface area contributed by atoms with Crippen LogP contribution in [0, 0.1) is 0 Å². The maximum atomic E-state index is 11.3. The molecule has 0 saturated carbocycles. The zero-order valence-corrected chi connectivity index (χ0v) is 11.0. The van der Waals surface area contributed by atoms with Crippen LogP contribution in [-0.2, 0) is 4.74 Å². The van der Waals surface area contributed by atoms with Crippen molar-refractivity contribution in [2.45, 2.75) is 6.92 Å². The Bertz CT molecular complexity index is 619. The number of carbonyl (C=O) groups excluding carboxylic acids is 1. The van der Waals surface area contributed by atoms with Gasteiger partial charge in [0.2, 0.25) is 0 Å². The van der Waals surface area contributed by atoms with Crippen molar-refractivity contribution in [3.05, 3.63) is 24.5 Å². The highest BCUT2D eigenvalue weighted by atomic mass is 16.6. The molecule has 0 bridgehead atoms. The molecule has 0 saturated heterocycles. The van der Waals surface area contributed by atoms with Gasteiger partial charge in [-0.2, -0.15) is 0 Å². The summed E-state index contributed by atoms with van der Waals surface area (Å²) >= 11 is 0. The molecular formula is C12H14N4O4. The predicted molar refractivity (Wildman–Crippen MR) is 70.4 cm³/mol. The van der Waals surface area contributed by atoms with Gasteiger partial charge in [0.1, 0.15) is 17.6 Å². The second kappa shape index (κ2) is 6.02. The van der Waals surface area contributed by atoms with Gasteiger partial charge in [0.25, 0.3) is 0 Å². The second-order valence-electron chi connectivity index (χ2n) is 3.70. The number of methoxy groups -OCH3 is 1. The molecule has 2 N–H and O–H groups in total. The molecule has 0 aliphatic carbocycles. The van der Waals surface area contributed by atoms with Crippen LogP contribution in [0.5, 0.6) is 5.75 Å². The Balaban J connectivity index is 2.33. The van der Waals surface area contributed by atoms with Gasteiger partial charge in [-0.1, -0.05) is 11.2 Å². The van der Waals surface area contributed by atoms with E-state index in [1.54, 1.807) is 25.1 Å². The lowest BCUT2D eigenvalue weighted by molar-refractivity contribution is -0.0528. The van der Waals surface area contributed by atoms with E-state index in [4.69, 9.17) is 4.74 Å². The summed E-state index contributed by atoms with van der Waals surface area (Å²) in [5.41, 5.74) is 2.99. The molecule has 8 heteroatoms. The van der Waals surface area contributed by atoms with Crippen molar-refractivity contribution in [2.24, 2.45) is 0 Å². The van der Waals surface area contributed by atoms with Crippen LogP contribution < -0.4 is 10.2 Å². The molecule has 0 atom stereocenters. The highest BCUT2D eigenvalue weighted by Crippen LogP contribution is 2.27. The molecule has 20 heavy (non-hydrogen) atoms. The Labute approximate surface area is 114 Å². The van der Waals surface area contributed by atoms with Gasteiger partial charge in [0, 0.05) is 5.39 Å². The van der Waals surface area contributed by atoms with Gasteiger partial charge in [-0.3, -0.25) is 10.6 Å². The van der Waals surface area contributed by atoms with Crippen molar-refractivity contribution in [3.63, 3.8) is 0 Å². The summed E-state index contributed by atoms with van der Waals surface area (Å²) in [4.78, 5) is 19.4. The fourth-order valence-corrected chi connectivity index (χ4v) is 1.64. The van der Waals surface area contributed by atoms with Crippen LogP contribution in [0.1, 0.15) is 6.92 Å². The number of nitrogens with zero attached hydrogens (tertiary/aromatic N) is 3. The summed E-state index contributed by atoms with van der Waals surface area (Å²) in [6.45, 7) is 1.78. The number of hydrogen-bond acceptors (Lipinski definition) is 7. The molecule has 0 aliphatic heterocycles. The molecule has 1 aromatic carbocycles. The van der Waals surface area contributed by atoms with Crippen LogP contribution in [0.3, 0.4) is 0 Å². The van der Waals surface area contributed by atoms with Crippen LogP contribution in [0.2, 0.25) is 0 Å². The minimum atomic E-state index is -0.929. The number of nitrogens with one attached hydrogen (secondary N) is 1. The van der Waals surface area contributed by atoms with E-state index < -0.39 is 6.09 Å². The highest BCUT2D eigenvalue weighted by molar-refractivity contribution is 5.93. The SMILES string of the molecule is CCOC(=O)N(O)Nc1ncnc2c(OC)cccc12. The van der Waals surface area contributed by atoms with Gasteiger partial charge in [-0.05, 0) is 19.1 Å². The minimum Gasteiger partial charge on any atom is -0.494 e. The Morgan fingerprint density at radius 3 is 2.95 bits per heavy atom. The molecule has 1 heterocycles. The van der Waals surface area contributed by atoms with Crippen LogP contribution in [0.4, 0.5) is 10.6 Å². The van der Waals surface area contributed by atoms with Crippen molar-refractivity contribution in [1.29, 1.82) is 0 Å². The summed E-state index contributed by atoms with van der Waals surface area (Å²) < 4.78 is 9.83. The fraction of sp³-hybridized carbons (Fsp3) is 0.250. The number of ether oxygens (including phenoxy) is 2. The lowest BCUT2D eigenvalue weighted by Gasteiger charge is -2.16. The summed E-state index contributed by atoms with van der Waals surface area (Å²) in [5.74, 6) is 0.818. The minimum absolute atomic E-state index is 0.149. The van der Waals surface area contributed by atoms with Crippen molar-refractivity contribution >= 4 is 22.8 Å². The summed E-state index contributed by atoms with van der Waals surface area (Å²) in [7, 11) is 1.53. The van der Waals surface area contributed by atoms with Gasteiger partial charge >= 0.3 is 6.09 Å². The first kappa shape index (κ1) is 13.8. The Morgan fingerprint density at radius 2 is 2.25 bits per heavy atom. The molecule has 106 valence electrons. The number of carbonyl (C=O) groups is 1. The molecule has 0 spiro atoms. The molecule has 1 amide bonds. The number of anilines is 1. The predicted octanol–water partition coefficient (Wildman–Crippen LogP) is 1.81. The quantitative estimate of drug-likeness (QED) is 0.650. The van der Waals surface area contributed by atoms with Crippen molar-refractivity contribution in [2.75, 3.05) is 19.1 Å².